The molecule has 1 N–H and O–H groups in total. The highest BCUT2D eigenvalue weighted by atomic mass is 16.2. The number of carbonyl (C=O) groups is 1. The minimum absolute atomic E-state index is 0.0201. The van der Waals surface area contributed by atoms with Crippen molar-refractivity contribution in [3.63, 3.8) is 0 Å². The Kier molecular flexibility index (Phi) is 5.59. The van der Waals surface area contributed by atoms with Crippen LogP contribution in [0, 0.1) is 27.7 Å². The van der Waals surface area contributed by atoms with Crippen LogP contribution < -0.4 is 5.32 Å². The number of nitrogens with one attached hydrogen (secondary N) is 1. The van der Waals surface area contributed by atoms with E-state index in [2.05, 4.69) is 30.3 Å². The van der Waals surface area contributed by atoms with Crippen LogP contribution in [0.1, 0.15) is 52.6 Å². The smallest absolute Gasteiger partial charge is 0.266 e. The normalized spacial score (nSPS) is 10.8. The van der Waals surface area contributed by atoms with Crippen LogP contribution in [0.25, 0.3) is 0 Å². The number of aryl methyl sites for hydroxylation is 3. The Morgan fingerprint density at radius 2 is 1.96 bits per heavy atom. The van der Waals surface area contributed by atoms with E-state index in [1.165, 1.54) is 11.1 Å². The summed E-state index contributed by atoms with van der Waals surface area (Å²) in [5.41, 5.74) is 6.52. The molecule has 1 aromatic heterocycles. The summed E-state index contributed by atoms with van der Waals surface area (Å²) in [6, 6.07) is 6.18. The molecule has 4 heteroatoms. The maximum Gasteiger partial charge on any atom is 0.266 e. The number of hydrogen-bond acceptors (Lipinski definition) is 3. The molecule has 2 aromatic rings. The molecule has 0 aliphatic rings. The molecule has 0 bridgehead atoms. The van der Waals surface area contributed by atoms with Crippen molar-refractivity contribution in [3.8, 4) is 0 Å². The predicted molar refractivity (Wildman–Crippen MR) is 95.3 cm³/mol. The van der Waals surface area contributed by atoms with Crippen LogP contribution in [-0.4, -0.2) is 22.2 Å². The Labute approximate surface area is 138 Å². The molecule has 2 rings (SSSR count). The van der Waals surface area contributed by atoms with Gasteiger partial charge >= 0.3 is 0 Å². The van der Waals surface area contributed by atoms with E-state index >= 15 is 0 Å². The third-order valence-electron chi connectivity index (χ3n) is 4.27. The first-order chi connectivity index (χ1) is 10.9. The number of carbonyl (C=O) groups excluding carboxylic acids is 1. The zero-order valence-corrected chi connectivity index (χ0v) is 14.9. The van der Waals surface area contributed by atoms with Crippen LogP contribution in [0.15, 0.2) is 18.2 Å². The molecule has 124 valence electrons. The molecule has 0 saturated carbocycles. The molecule has 0 atom stereocenters. The Hall–Kier alpha value is -2.10. The summed E-state index contributed by atoms with van der Waals surface area (Å²) in [6.45, 7) is 10.5. The van der Waals surface area contributed by atoms with Crippen LogP contribution in [0.2, 0.25) is 0 Å². The van der Waals surface area contributed by atoms with Gasteiger partial charge in [0, 0.05) is 11.4 Å². The van der Waals surface area contributed by atoms with Gasteiger partial charge in [0.05, 0.1) is 12.2 Å². The third-order valence-corrected chi connectivity index (χ3v) is 4.27. The van der Waals surface area contributed by atoms with Crippen molar-refractivity contribution in [2.45, 2.75) is 53.9 Å². The minimum atomic E-state index is -0.0201. The second-order valence-electron chi connectivity index (χ2n) is 6.23. The lowest BCUT2D eigenvalue weighted by molar-refractivity contribution is 0.0910. The Bertz CT molecular complexity index is 701. The van der Waals surface area contributed by atoms with Crippen molar-refractivity contribution in [3.05, 3.63) is 46.3 Å². The summed E-state index contributed by atoms with van der Waals surface area (Å²) in [7, 11) is 0. The van der Waals surface area contributed by atoms with Crippen molar-refractivity contribution >= 4 is 11.6 Å². The fourth-order valence-electron chi connectivity index (χ4n) is 2.89. The molecule has 23 heavy (non-hydrogen) atoms. The van der Waals surface area contributed by atoms with Crippen molar-refractivity contribution in [2.24, 2.45) is 0 Å². The van der Waals surface area contributed by atoms with Crippen LogP contribution in [0.4, 0.5) is 5.69 Å². The fraction of sp³-hybridized carbons (Fsp3) is 0.474. The average Bonchev–Trinajstić information content (AvgIpc) is 2.79. The van der Waals surface area contributed by atoms with Gasteiger partial charge in [0.1, 0.15) is 0 Å². The van der Waals surface area contributed by atoms with Gasteiger partial charge in [-0.25, -0.2) is 4.68 Å². The first-order valence-electron chi connectivity index (χ1n) is 8.33. The monoisotopic (exact) mass is 313 g/mol. The first kappa shape index (κ1) is 17.3. The molecule has 0 radical (unpaired) electrons. The van der Waals surface area contributed by atoms with Gasteiger partial charge in [-0.2, -0.15) is 5.10 Å². The van der Waals surface area contributed by atoms with Crippen molar-refractivity contribution in [2.75, 3.05) is 11.9 Å². The van der Waals surface area contributed by atoms with E-state index in [0.717, 1.165) is 41.9 Å². The summed E-state index contributed by atoms with van der Waals surface area (Å²) in [6.07, 6.45) is 3.26. The zero-order chi connectivity index (χ0) is 17.0. The molecule has 0 saturated heterocycles. The zero-order valence-electron chi connectivity index (χ0n) is 14.9. The molecule has 0 aliphatic heterocycles. The highest BCUT2D eigenvalue weighted by molar-refractivity contribution is 5.83. The molecule has 0 spiro atoms. The highest BCUT2D eigenvalue weighted by Crippen LogP contribution is 2.17. The number of aromatic nitrogens is 2. The van der Waals surface area contributed by atoms with Gasteiger partial charge in [-0.3, -0.25) is 4.79 Å². The molecule has 0 amide bonds. The third kappa shape index (κ3) is 4.01. The van der Waals surface area contributed by atoms with Gasteiger partial charge in [-0.05, 0) is 57.7 Å². The summed E-state index contributed by atoms with van der Waals surface area (Å²) in [4.78, 5) is 12.5. The van der Waals surface area contributed by atoms with Gasteiger partial charge in [0.15, 0.2) is 0 Å². The maximum atomic E-state index is 12.5. The SMILES string of the molecule is CCCCc1c(C)nn(C(=O)CNc2ccc(C)cc2C)c1C. The molecule has 0 unspecified atom stereocenters. The largest absolute Gasteiger partial charge is 0.376 e. The van der Waals surface area contributed by atoms with Crippen LogP contribution in [0.5, 0.6) is 0 Å². The second kappa shape index (κ2) is 7.44. The predicted octanol–water partition coefficient (Wildman–Crippen LogP) is 4.21. The van der Waals surface area contributed by atoms with Gasteiger partial charge in [-0.1, -0.05) is 31.0 Å². The summed E-state index contributed by atoms with van der Waals surface area (Å²) < 4.78 is 1.55. The molecule has 1 heterocycles. The van der Waals surface area contributed by atoms with E-state index in [1.54, 1.807) is 4.68 Å². The molecular weight excluding hydrogens is 286 g/mol. The average molecular weight is 313 g/mol. The molecule has 0 fully saturated rings. The minimum Gasteiger partial charge on any atom is -0.376 e. The van der Waals surface area contributed by atoms with E-state index in [1.807, 2.05) is 32.9 Å². The van der Waals surface area contributed by atoms with E-state index in [-0.39, 0.29) is 12.5 Å². The Balaban J connectivity index is 2.09. The number of anilines is 1. The Morgan fingerprint density at radius 1 is 1.22 bits per heavy atom. The number of rotatable bonds is 6. The van der Waals surface area contributed by atoms with Crippen LogP contribution in [0.3, 0.4) is 0 Å². The van der Waals surface area contributed by atoms with E-state index in [0.29, 0.717) is 0 Å². The topological polar surface area (TPSA) is 46.9 Å². The van der Waals surface area contributed by atoms with Gasteiger partial charge in [-0.15, -0.1) is 0 Å². The number of hydrogen-bond donors (Lipinski definition) is 1. The van der Waals surface area contributed by atoms with Gasteiger partial charge in [0.25, 0.3) is 5.91 Å². The molecular formula is C19H27N3O. The standard InChI is InChI=1S/C19H27N3O/c1-6-7-8-17-15(4)21-22(16(17)5)19(23)12-20-18-10-9-13(2)11-14(18)3/h9-11,20H,6-8,12H2,1-5H3. The summed E-state index contributed by atoms with van der Waals surface area (Å²) >= 11 is 0. The summed E-state index contributed by atoms with van der Waals surface area (Å²) in [5.74, 6) is -0.0201. The fourth-order valence-corrected chi connectivity index (χ4v) is 2.89. The number of unbranched alkanes of at least 4 members (excludes halogenated alkanes) is 1. The van der Waals surface area contributed by atoms with E-state index < -0.39 is 0 Å². The lowest BCUT2D eigenvalue weighted by atomic mass is 10.1. The molecule has 4 nitrogen and oxygen atoms in total. The van der Waals surface area contributed by atoms with Crippen molar-refractivity contribution in [1.82, 2.24) is 9.78 Å². The summed E-state index contributed by atoms with van der Waals surface area (Å²) in [5, 5.41) is 7.67. The lowest BCUT2D eigenvalue weighted by Gasteiger charge is -2.10. The number of nitrogens with zero attached hydrogens (tertiary/aromatic N) is 2. The van der Waals surface area contributed by atoms with Crippen LogP contribution >= 0.6 is 0 Å². The van der Waals surface area contributed by atoms with Crippen LogP contribution in [-0.2, 0) is 6.42 Å². The van der Waals surface area contributed by atoms with Gasteiger partial charge < -0.3 is 5.32 Å². The highest BCUT2D eigenvalue weighted by Gasteiger charge is 2.16. The number of benzene rings is 1. The van der Waals surface area contributed by atoms with E-state index in [9.17, 15) is 4.79 Å². The second-order valence-corrected chi connectivity index (χ2v) is 6.23. The lowest BCUT2D eigenvalue weighted by Crippen LogP contribution is -2.23. The first-order valence-corrected chi connectivity index (χ1v) is 8.33. The molecule has 0 aliphatic carbocycles. The quantitative estimate of drug-likeness (QED) is 0.869. The molecule has 1 aromatic carbocycles. The van der Waals surface area contributed by atoms with Crippen molar-refractivity contribution < 1.29 is 4.79 Å². The Morgan fingerprint density at radius 3 is 2.61 bits per heavy atom. The maximum absolute atomic E-state index is 12.5. The van der Waals surface area contributed by atoms with Gasteiger partial charge in [0.2, 0.25) is 0 Å². The van der Waals surface area contributed by atoms with Crippen molar-refractivity contribution in [1.29, 1.82) is 0 Å². The van der Waals surface area contributed by atoms with E-state index in [4.69, 9.17) is 0 Å².